The van der Waals surface area contributed by atoms with Gasteiger partial charge in [0.1, 0.15) is 5.82 Å². The van der Waals surface area contributed by atoms with E-state index in [2.05, 4.69) is 5.32 Å². The summed E-state index contributed by atoms with van der Waals surface area (Å²) < 4.78 is 13.0. The van der Waals surface area contributed by atoms with Crippen molar-refractivity contribution < 1.29 is 14.3 Å². The van der Waals surface area contributed by atoms with Crippen molar-refractivity contribution >= 4 is 5.91 Å². The van der Waals surface area contributed by atoms with Gasteiger partial charge in [0.25, 0.3) is 0 Å². The predicted octanol–water partition coefficient (Wildman–Crippen LogP) is 1.43. The number of rotatable bonds is 5. The van der Waals surface area contributed by atoms with Crippen LogP contribution in [-0.2, 0) is 4.79 Å². The minimum Gasteiger partial charge on any atom is -0.396 e. The number of amides is 1. The van der Waals surface area contributed by atoms with Crippen LogP contribution in [0.2, 0.25) is 0 Å². The monoisotopic (exact) mass is 237 g/mol. The van der Waals surface area contributed by atoms with Gasteiger partial charge in [-0.05, 0) is 36.5 Å². The molecule has 1 aromatic carbocycles. The lowest BCUT2D eigenvalue weighted by molar-refractivity contribution is -0.122. The van der Waals surface area contributed by atoms with Crippen LogP contribution in [-0.4, -0.2) is 24.2 Å². The summed E-state index contributed by atoms with van der Waals surface area (Å²) in [4.78, 5) is 11.7. The number of nitrogens with one attached hydrogen (secondary N) is 1. The molecule has 1 fully saturated rings. The zero-order chi connectivity index (χ0) is 12.3. The van der Waals surface area contributed by atoms with E-state index in [1.807, 2.05) is 6.07 Å². The van der Waals surface area contributed by atoms with Crippen molar-refractivity contribution in [1.29, 1.82) is 0 Å². The number of aliphatic hydroxyl groups excluding tert-OH is 1. The molecule has 92 valence electrons. The molecule has 0 heterocycles. The molecule has 0 bridgehead atoms. The summed E-state index contributed by atoms with van der Waals surface area (Å²) >= 11 is 0. The molecular formula is C13H16FNO2. The zero-order valence-electron chi connectivity index (χ0n) is 9.53. The van der Waals surface area contributed by atoms with Gasteiger partial charge in [-0.3, -0.25) is 4.79 Å². The highest BCUT2D eigenvalue weighted by Crippen LogP contribution is 2.47. The highest BCUT2D eigenvalue weighted by molar-refractivity contribution is 5.82. The van der Waals surface area contributed by atoms with Crippen LogP contribution in [0.3, 0.4) is 0 Å². The number of benzene rings is 1. The fraction of sp³-hybridized carbons (Fsp3) is 0.462. The van der Waals surface area contributed by atoms with Crippen LogP contribution in [0, 0.1) is 11.7 Å². The third-order valence-electron chi connectivity index (χ3n) is 3.04. The average molecular weight is 237 g/mol. The minimum absolute atomic E-state index is 0.00714. The largest absolute Gasteiger partial charge is 0.396 e. The number of hydrogen-bond donors (Lipinski definition) is 2. The molecule has 0 radical (unpaired) electrons. The lowest BCUT2D eigenvalue weighted by Gasteiger charge is -2.03. The molecule has 0 spiro atoms. The first-order valence-corrected chi connectivity index (χ1v) is 5.86. The summed E-state index contributed by atoms with van der Waals surface area (Å²) in [7, 11) is 0. The molecule has 0 aliphatic heterocycles. The summed E-state index contributed by atoms with van der Waals surface area (Å²) in [5.41, 5.74) is 0.896. The van der Waals surface area contributed by atoms with Crippen LogP contribution >= 0.6 is 0 Å². The van der Waals surface area contributed by atoms with Crippen molar-refractivity contribution in [2.75, 3.05) is 13.2 Å². The van der Waals surface area contributed by atoms with E-state index in [1.54, 1.807) is 6.07 Å². The van der Waals surface area contributed by atoms with Crippen molar-refractivity contribution in [3.63, 3.8) is 0 Å². The number of hydrogen-bond acceptors (Lipinski definition) is 2. The molecule has 4 heteroatoms. The molecule has 1 saturated carbocycles. The lowest BCUT2D eigenvalue weighted by Crippen LogP contribution is -2.26. The summed E-state index contributed by atoms with van der Waals surface area (Å²) in [6.45, 7) is 0.583. The van der Waals surface area contributed by atoms with Crippen molar-refractivity contribution in [3.8, 4) is 0 Å². The SMILES string of the molecule is O=C(NCCCO)C1CC1c1cccc(F)c1. The Kier molecular flexibility index (Phi) is 3.74. The van der Waals surface area contributed by atoms with Gasteiger partial charge in [0.05, 0.1) is 0 Å². The van der Waals surface area contributed by atoms with Crippen molar-refractivity contribution in [2.45, 2.75) is 18.8 Å². The molecule has 1 amide bonds. The third-order valence-corrected chi connectivity index (χ3v) is 3.04. The van der Waals surface area contributed by atoms with Gasteiger partial charge in [0.15, 0.2) is 0 Å². The molecule has 0 aromatic heterocycles. The lowest BCUT2D eigenvalue weighted by atomic mass is 10.1. The topological polar surface area (TPSA) is 49.3 Å². The second-order valence-corrected chi connectivity index (χ2v) is 4.37. The highest BCUT2D eigenvalue weighted by Gasteiger charge is 2.43. The molecule has 2 rings (SSSR count). The number of halogens is 1. The Morgan fingerprint density at radius 1 is 1.53 bits per heavy atom. The van der Waals surface area contributed by atoms with Gasteiger partial charge in [-0.2, -0.15) is 0 Å². The first kappa shape index (κ1) is 12.0. The van der Waals surface area contributed by atoms with E-state index in [1.165, 1.54) is 12.1 Å². The maximum absolute atomic E-state index is 13.0. The van der Waals surface area contributed by atoms with Gasteiger partial charge in [-0.15, -0.1) is 0 Å². The smallest absolute Gasteiger partial charge is 0.223 e. The van der Waals surface area contributed by atoms with E-state index in [0.717, 1.165) is 12.0 Å². The van der Waals surface area contributed by atoms with Gasteiger partial charge < -0.3 is 10.4 Å². The fourth-order valence-corrected chi connectivity index (χ4v) is 2.01. The zero-order valence-corrected chi connectivity index (χ0v) is 9.53. The van der Waals surface area contributed by atoms with Crippen molar-refractivity contribution in [2.24, 2.45) is 5.92 Å². The summed E-state index contributed by atoms with van der Waals surface area (Å²) in [6, 6.07) is 6.42. The number of aliphatic hydroxyl groups is 1. The first-order chi connectivity index (χ1) is 8.22. The Morgan fingerprint density at radius 2 is 2.35 bits per heavy atom. The molecule has 3 nitrogen and oxygen atoms in total. The van der Waals surface area contributed by atoms with E-state index in [-0.39, 0.29) is 30.2 Å². The van der Waals surface area contributed by atoms with Gasteiger partial charge in [-0.1, -0.05) is 12.1 Å². The Hall–Kier alpha value is -1.42. The quantitative estimate of drug-likeness (QED) is 0.761. The number of carbonyl (C=O) groups is 1. The van der Waals surface area contributed by atoms with Crippen molar-refractivity contribution in [1.82, 2.24) is 5.32 Å². The molecule has 2 unspecified atom stereocenters. The minimum atomic E-state index is -0.256. The van der Waals surface area contributed by atoms with Gasteiger partial charge in [0.2, 0.25) is 5.91 Å². The normalized spacial score (nSPS) is 22.2. The molecule has 17 heavy (non-hydrogen) atoms. The maximum atomic E-state index is 13.0. The van der Waals surface area contributed by atoms with Gasteiger partial charge >= 0.3 is 0 Å². The van der Waals surface area contributed by atoms with Crippen LogP contribution in [0.25, 0.3) is 0 Å². The molecule has 2 atom stereocenters. The Morgan fingerprint density at radius 3 is 3.06 bits per heavy atom. The maximum Gasteiger partial charge on any atom is 0.223 e. The standard InChI is InChI=1S/C13H16FNO2/c14-10-4-1-3-9(7-10)11-8-12(11)13(17)15-5-2-6-16/h1,3-4,7,11-12,16H,2,5-6,8H2,(H,15,17). The van der Waals surface area contributed by atoms with Gasteiger partial charge in [-0.25, -0.2) is 4.39 Å². The van der Waals surface area contributed by atoms with Crippen LogP contribution < -0.4 is 5.32 Å². The Labute approximate surface area is 99.7 Å². The van der Waals surface area contributed by atoms with E-state index in [9.17, 15) is 9.18 Å². The molecule has 1 aromatic rings. The third kappa shape index (κ3) is 3.03. The second kappa shape index (κ2) is 5.27. The van der Waals surface area contributed by atoms with E-state index in [4.69, 9.17) is 5.11 Å². The van der Waals surface area contributed by atoms with Crippen LogP contribution in [0.5, 0.6) is 0 Å². The van der Waals surface area contributed by atoms with Gasteiger partial charge in [0, 0.05) is 19.1 Å². The van der Waals surface area contributed by atoms with E-state index < -0.39 is 0 Å². The Bertz CT molecular complexity index is 408. The van der Waals surface area contributed by atoms with Crippen LogP contribution in [0.4, 0.5) is 4.39 Å². The summed E-state index contributed by atoms with van der Waals surface area (Å²) in [6.07, 6.45) is 1.36. The van der Waals surface area contributed by atoms with Crippen molar-refractivity contribution in [3.05, 3.63) is 35.6 Å². The average Bonchev–Trinajstić information content (AvgIpc) is 3.09. The molecule has 1 aliphatic rings. The van der Waals surface area contributed by atoms with E-state index >= 15 is 0 Å². The predicted molar refractivity (Wildman–Crippen MR) is 62.0 cm³/mol. The molecule has 0 saturated heterocycles. The van der Waals surface area contributed by atoms with Crippen LogP contribution in [0.15, 0.2) is 24.3 Å². The molecule has 2 N–H and O–H groups in total. The summed E-state index contributed by atoms with van der Waals surface area (Å²) in [5, 5.41) is 11.4. The number of carbonyl (C=O) groups excluding carboxylic acids is 1. The molecule has 1 aliphatic carbocycles. The van der Waals surface area contributed by atoms with E-state index in [0.29, 0.717) is 13.0 Å². The fourth-order valence-electron chi connectivity index (χ4n) is 2.01. The van der Waals surface area contributed by atoms with Crippen LogP contribution in [0.1, 0.15) is 24.3 Å². The first-order valence-electron chi connectivity index (χ1n) is 5.86. The summed E-state index contributed by atoms with van der Waals surface area (Å²) in [5.74, 6) is -0.128. The Balaban J connectivity index is 1.85. The highest BCUT2D eigenvalue weighted by atomic mass is 19.1. The second-order valence-electron chi connectivity index (χ2n) is 4.37. The molecular weight excluding hydrogens is 221 g/mol.